The van der Waals surface area contributed by atoms with E-state index in [1.165, 1.54) is 19.5 Å². The zero-order valence-corrected chi connectivity index (χ0v) is 15.8. The van der Waals surface area contributed by atoms with Crippen LogP contribution in [-0.4, -0.2) is 66.8 Å². The van der Waals surface area contributed by atoms with Crippen LogP contribution in [0, 0.1) is 17.8 Å². The van der Waals surface area contributed by atoms with Crippen LogP contribution in [0.4, 0.5) is 4.79 Å². The van der Waals surface area contributed by atoms with Crippen LogP contribution in [0.15, 0.2) is 0 Å². The summed E-state index contributed by atoms with van der Waals surface area (Å²) in [7, 11) is 1.83. The monoisotopic (exact) mass is 339 g/mol. The number of unbranched alkanes of at least 4 members (excludes halogenated alkanes) is 1. The summed E-state index contributed by atoms with van der Waals surface area (Å²) in [5.41, 5.74) is 0. The predicted molar refractivity (Wildman–Crippen MR) is 98.0 cm³/mol. The minimum absolute atomic E-state index is 0.00526. The van der Waals surface area contributed by atoms with Gasteiger partial charge in [0.25, 0.3) is 0 Å². The summed E-state index contributed by atoms with van der Waals surface area (Å²) in [6.45, 7) is 9.70. The van der Waals surface area contributed by atoms with Crippen LogP contribution in [-0.2, 0) is 0 Å². The van der Waals surface area contributed by atoms with E-state index in [1.54, 1.807) is 4.90 Å². The van der Waals surface area contributed by atoms with Gasteiger partial charge in [0.2, 0.25) is 0 Å². The highest BCUT2D eigenvalue weighted by Crippen LogP contribution is 2.26. The number of hydrogen-bond acceptors (Lipinski definition) is 3. The molecule has 1 saturated heterocycles. The Kier molecular flexibility index (Phi) is 7.82. The van der Waals surface area contributed by atoms with Crippen molar-refractivity contribution in [1.82, 2.24) is 15.1 Å². The molecule has 2 aliphatic rings. The first-order valence-electron chi connectivity index (χ1n) is 9.85. The van der Waals surface area contributed by atoms with Crippen molar-refractivity contribution in [1.29, 1.82) is 0 Å². The van der Waals surface area contributed by atoms with Gasteiger partial charge in [0.1, 0.15) is 0 Å². The van der Waals surface area contributed by atoms with Gasteiger partial charge in [-0.25, -0.2) is 4.79 Å². The fourth-order valence-corrected chi connectivity index (χ4v) is 4.43. The van der Waals surface area contributed by atoms with Crippen LogP contribution in [0.3, 0.4) is 0 Å². The maximum atomic E-state index is 12.1. The third-order valence-corrected chi connectivity index (χ3v) is 5.60. The minimum atomic E-state index is -0.227. The van der Waals surface area contributed by atoms with Gasteiger partial charge < -0.3 is 20.2 Å². The van der Waals surface area contributed by atoms with Crippen molar-refractivity contribution in [3.05, 3.63) is 0 Å². The van der Waals surface area contributed by atoms with Gasteiger partial charge >= 0.3 is 6.03 Å². The molecule has 0 aromatic heterocycles. The minimum Gasteiger partial charge on any atom is -0.393 e. The molecule has 2 rings (SSSR count). The highest BCUT2D eigenvalue weighted by Gasteiger charge is 2.27. The number of piperidine rings is 1. The number of carbonyl (C=O) groups excluding carboxylic acids is 1. The van der Waals surface area contributed by atoms with Crippen molar-refractivity contribution >= 4 is 6.03 Å². The molecule has 1 aliphatic heterocycles. The van der Waals surface area contributed by atoms with Crippen LogP contribution in [0.25, 0.3) is 0 Å². The van der Waals surface area contributed by atoms with Gasteiger partial charge in [0.05, 0.1) is 6.10 Å². The van der Waals surface area contributed by atoms with Gasteiger partial charge in [0, 0.05) is 39.1 Å². The molecule has 1 aliphatic carbocycles. The standard InChI is InChI=1S/C19H37N3O2/c1-15-11-16(2)13-22(12-15)10-5-4-9-20-19(24)21(3)14-17-7-6-8-18(17)23/h15-18,23H,4-14H2,1-3H3,(H,20,24). The molecular formula is C19H37N3O2. The molecule has 4 atom stereocenters. The summed E-state index contributed by atoms with van der Waals surface area (Å²) in [6.07, 6.45) is 6.30. The molecule has 24 heavy (non-hydrogen) atoms. The van der Waals surface area contributed by atoms with Crippen LogP contribution >= 0.6 is 0 Å². The van der Waals surface area contributed by atoms with E-state index in [-0.39, 0.29) is 18.1 Å². The number of likely N-dealkylation sites (tertiary alicyclic amines) is 1. The highest BCUT2D eigenvalue weighted by molar-refractivity contribution is 5.73. The van der Waals surface area contributed by atoms with E-state index >= 15 is 0 Å². The van der Waals surface area contributed by atoms with E-state index in [2.05, 4.69) is 24.1 Å². The van der Waals surface area contributed by atoms with Gasteiger partial charge in [-0.15, -0.1) is 0 Å². The van der Waals surface area contributed by atoms with Crippen molar-refractivity contribution in [3.8, 4) is 0 Å². The smallest absolute Gasteiger partial charge is 0.317 e. The van der Waals surface area contributed by atoms with Gasteiger partial charge in [-0.2, -0.15) is 0 Å². The maximum absolute atomic E-state index is 12.1. The summed E-state index contributed by atoms with van der Waals surface area (Å²) in [5, 5.41) is 12.9. The number of nitrogens with one attached hydrogen (secondary N) is 1. The average molecular weight is 340 g/mol. The number of nitrogens with zero attached hydrogens (tertiary/aromatic N) is 2. The molecule has 5 nitrogen and oxygen atoms in total. The Bertz CT molecular complexity index is 381. The van der Waals surface area contributed by atoms with E-state index in [1.807, 2.05) is 7.05 Å². The molecule has 0 aromatic rings. The molecule has 140 valence electrons. The second-order valence-electron chi connectivity index (χ2n) is 8.28. The van der Waals surface area contributed by atoms with E-state index in [9.17, 15) is 9.90 Å². The van der Waals surface area contributed by atoms with E-state index < -0.39 is 0 Å². The number of amides is 2. The molecule has 1 saturated carbocycles. The molecular weight excluding hydrogens is 302 g/mol. The molecule has 2 N–H and O–H groups in total. The van der Waals surface area contributed by atoms with Crippen molar-refractivity contribution in [2.24, 2.45) is 17.8 Å². The Morgan fingerprint density at radius 1 is 1.21 bits per heavy atom. The van der Waals surface area contributed by atoms with Crippen molar-refractivity contribution in [2.75, 3.05) is 39.8 Å². The summed E-state index contributed by atoms with van der Waals surface area (Å²) < 4.78 is 0. The molecule has 0 aromatic carbocycles. The average Bonchev–Trinajstić information content (AvgIpc) is 2.91. The molecule has 1 heterocycles. The third-order valence-electron chi connectivity index (χ3n) is 5.60. The normalized spacial score (nSPS) is 31.2. The summed E-state index contributed by atoms with van der Waals surface area (Å²) in [6, 6.07) is -0.00526. The molecule has 5 heteroatoms. The lowest BCUT2D eigenvalue weighted by molar-refractivity contribution is 0.114. The molecule has 2 amide bonds. The van der Waals surface area contributed by atoms with Gasteiger partial charge in [-0.1, -0.05) is 20.3 Å². The first-order chi connectivity index (χ1) is 11.5. The fourth-order valence-electron chi connectivity index (χ4n) is 4.43. The van der Waals surface area contributed by atoms with Crippen molar-refractivity contribution in [3.63, 3.8) is 0 Å². The van der Waals surface area contributed by atoms with Crippen LogP contribution in [0.5, 0.6) is 0 Å². The number of urea groups is 1. The summed E-state index contributed by atoms with van der Waals surface area (Å²) >= 11 is 0. The van der Waals surface area contributed by atoms with Crippen LogP contribution in [0.2, 0.25) is 0 Å². The van der Waals surface area contributed by atoms with Crippen molar-refractivity contribution in [2.45, 2.75) is 58.5 Å². The number of rotatable bonds is 7. The second-order valence-corrected chi connectivity index (χ2v) is 8.28. The lowest BCUT2D eigenvalue weighted by Crippen LogP contribution is -2.42. The Labute approximate surface area is 147 Å². The summed E-state index contributed by atoms with van der Waals surface area (Å²) in [5.74, 6) is 1.88. The molecule has 0 radical (unpaired) electrons. The molecule has 4 unspecified atom stereocenters. The van der Waals surface area contributed by atoms with Crippen LogP contribution in [0.1, 0.15) is 52.4 Å². The zero-order chi connectivity index (χ0) is 17.5. The first-order valence-corrected chi connectivity index (χ1v) is 9.85. The van der Waals surface area contributed by atoms with E-state index in [0.717, 1.165) is 57.0 Å². The van der Waals surface area contributed by atoms with E-state index in [0.29, 0.717) is 6.54 Å². The zero-order valence-electron chi connectivity index (χ0n) is 15.8. The number of aliphatic hydroxyl groups excluding tert-OH is 1. The molecule has 0 spiro atoms. The number of carbonyl (C=O) groups is 1. The van der Waals surface area contributed by atoms with E-state index in [4.69, 9.17) is 0 Å². The second kappa shape index (κ2) is 9.62. The quantitative estimate of drug-likeness (QED) is 0.701. The Morgan fingerprint density at radius 3 is 2.54 bits per heavy atom. The van der Waals surface area contributed by atoms with Crippen molar-refractivity contribution < 1.29 is 9.90 Å². The van der Waals surface area contributed by atoms with Gasteiger partial charge in [-0.05, 0) is 50.5 Å². The maximum Gasteiger partial charge on any atom is 0.317 e. The SMILES string of the molecule is CC1CC(C)CN(CCCCNC(=O)N(C)CC2CCCC2O)C1. The van der Waals surface area contributed by atoms with Gasteiger partial charge in [0.15, 0.2) is 0 Å². The first kappa shape index (κ1) is 19.5. The largest absolute Gasteiger partial charge is 0.393 e. The molecule has 0 bridgehead atoms. The topological polar surface area (TPSA) is 55.8 Å². The lowest BCUT2D eigenvalue weighted by atomic mass is 9.92. The third kappa shape index (κ3) is 6.25. The Hall–Kier alpha value is -0.810. The highest BCUT2D eigenvalue weighted by atomic mass is 16.3. The van der Waals surface area contributed by atoms with Crippen LogP contribution < -0.4 is 5.32 Å². The fraction of sp³-hybridized carbons (Fsp3) is 0.947. The van der Waals surface area contributed by atoms with Gasteiger partial charge in [-0.3, -0.25) is 0 Å². The predicted octanol–water partition coefficient (Wildman–Crippen LogP) is 2.55. The lowest BCUT2D eigenvalue weighted by Gasteiger charge is -2.35. The molecule has 2 fully saturated rings. The number of hydrogen-bond donors (Lipinski definition) is 2. The Morgan fingerprint density at radius 2 is 1.92 bits per heavy atom. The summed E-state index contributed by atoms with van der Waals surface area (Å²) in [4.78, 5) is 16.4. The Balaban J connectivity index is 1.54. The number of aliphatic hydroxyl groups is 1.